The van der Waals surface area contributed by atoms with E-state index in [4.69, 9.17) is 9.72 Å². The molecule has 29 heavy (non-hydrogen) atoms. The van der Waals surface area contributed by atoms with Gasteiger partial charge in [-0.2, -0.15) is 9.97 Å². The smallest absolute Gasteiger partial charge is 0.338 e. The summed E-state index contributed by atoms with van der Waals surface area (Å²) in [6.07, 6.45) is 3.76. The van der Waals surface area contributed by atoms with Crippen LogP contribution in [-0.4, -0.2) is 52.3 Å². The Bertz CT molecular complexity index is 978. The van der Waals surface area contributed by atoms with Gasteiger partial charge in [0, 0.05) is 31.6 Å². The van der Waals surface area contributed by atoms with Crippen molar-refractivity contribution in [1.82, 2.24) is 15.0 Å². The Balaban J connectivity index is 1.56. The van der Waals surface area contributed by atoms with E-state index in [2.05, 4.69) is 20.2 Å². The summed E-state index contributed by atoms with van der Waals surface area (Å²) in [4.78, 5) is 26.5. The zero-order chi connectivity index (χ0) is 20.2. The van der Waals surface area contributed by atoms with E-state index in [1.165, 1.54) is 0 Å². The second kappa shape index (κ2) is 8.48. The van der Waals surface area contributed by atoms with Gasteiger partial charge in [-0.3, -0.25) is 0 Å². The van der Waals surface area contributed by atoms with Crippen LogP contribution in [0.15, 0.2) is 36.5 Å². The topological polar surface area (TPSA) is 103 Å². The Morgan fingerprint density at radius 2 is 2.00 bits per heavy atom. The van der Waals surface area contributed by atoms with Crippen molar-refractivity contribution in [2.75, 3.05) is 36.5 Å². The molecule has 1 aliphatic rings. The minimum Gasteiger partial charge on any atom is -0.462 e. The maximum Gasteiger partial charge on any atom is 0.338 e. The number of hydrogen-bond donors (Lipinski definition) is 3. The maximum absolute atomic E-state index is 11.8. The van der Waals surface area contributed by atoms with Crippen molar-refractivity contribution in [3.8, 4) is 0 Å². The highest BCUT2D eigenvalue weighted by Crippen LogP contribution is 2.29. The monoisotopic (exact) mass is 395 g/mol. The summed E-state index contributed by atoms with van der Waals surface area (Å²) >= 11 is 0. The largest absolute Gasteiger partial charge is 0.462 e. The molecule has 0 saturated carbocycles. The van der Waals surface area contributed by atoms with Gasteiger partial charge in [0.05, 0.1) is 17.6 Å². The van der Waals surface area contributed by atoms with E-state index in [1.54, 1.807) is 31.2 Å². The standard InChI is InChI=1S/C21H25N5O3/c1-2-29-20(28)15-3-5-16(6-4-15)23-21-24-18-17(7-10-22-18)19(25-21)26-11-8-14(13-27)9-12-26/h3-7,10,14,27H,2,8-9,11-13H2,1H3,(H2,22,23,24,25). The molecule has 3 aromatic rings. The third kappa shape index (κ3) is 4.17. The van der Waals surface area contributed by atoms with Gasteiger partial charge in [-0.25, -0.2) is 4.79 Å². The van der Waals surface area contributed by atoms with Gasteiger partial charge in [-0.1, -0.05) is 0 Å². The number of anilines is 3. The van der Waals surface area contributed by atoms with Gasteiger partial charge in [0.2, 0.25) is 5.95 Å². The van der Waals surface area contributed by atoms with Crippen LogP contribution in [-0.2, 0) is 4.74 Å². The number of fused-ring (bicyclic) bond motifs is 1. The molecule has 0 aliphatic carbocycles. The molecule has 2 aromatic heterocycles. The minimum atomic E-state index is -0.336. The van der Waals surface area contributed by atoms with Crippen molar-refractivity contribution in [3.05, 3.63) is 42.1 Å². The number of ether oxygens (including phenoxy) is 1. The number of piperidine rings is 1. The molecule has 8 nitrogen and oxygen atoms in total. The first-order valence-electron chi connectivity index (χ1n) is 9.93. The van der Waals surface area contributed by atoms with E-state index in [0.29, 0.717) is 24.0 Å². The SMILES string of the molecule is CCOC(=O)c1ccc(Nc2nc(N3CCC(CO)CC3)c3cc[nH]c3n2)cc1. The van der Waals surface area contributed by atoms with Crippen molar-refractivity contribution in [1.29, 1.82) is 0 Å². The number of aliphatic hydroxyl groups is 1. The van der Waals surface area contributed by atoms with Crippen molar-refractivity contribution >= 4 is 34.5 Å². The number of carbonyl (C=O) groups is 1. The Morgan fingerprint density at radius 1 is 1.24 bits per heavy atom. The number of rotatable bonds is 6. The molecule has 0 amide bonds. The molecule has 3 heterocycles. The number of benzene rings is 1. The maximum atomic E-state index is 11.8. The number of nitrogens with zero attached hydrogens (tertiary/aromatic N) is 3. The number of aliphatic hydroxyl groups excluding tert-OH is 1. The molecule has 3 N–H and O–H groups in total. The molecule has 1 aromatic carbocycles. The third-order valence-electron chi connectivity index (χ3n) is 5.22. The van der Waals surface area contributed by atoms with Gasteiger partial charge >= 0.3 is 5.97 Å². The Labute approximate surface area is 168 Å². The summed E-state index contributed by atoms with van der Waals surface area (Å²) < 4.78 is 5.01. The molecule has 4 rings (SSSR count). The normalized spacial score (nSPS) is 14.9. The van der Waals surface area contributed by atoms with E-state index < -0.39 is 0 Å². The lowest BCUT2D eigenvalue weighted by molar-refractivity contribution is 0.0526. The number of aromatic amines is 1. The lowest BCUT2D eigenvalue weighted by Crippen LogP contribution is -2.35. The fourth-order valence-electron chi connectivity index (χ4n) is 3.58. The molecular formula is C21H25N5O3. The van der Waals surface area contributed by atoms with Crippen LogP contribution >= 0.6 is 0 Å². The van der Waals surface area contributed by atoms with Crippen LogP contribution in [0.1, 0.15) is 30.1 Å². The summed E-state index contributed by atoms with van der Waals surface area (Å²) in [5, 5.41) is 13.6. The number of carbonyl (C=O) groups excluding carboxylic acids is 1. The van der Waals surface area contributed by atoms with Gasteiger partial charge in [0.25, 0.3) is 0 Å². The van der Waals surface area contributed by atoms with Gasteiger partial charge in [0.15, 0.2) is 0 Å². The molecule has 0 unspecified atom stereocenters. The van der Waals surface area contributed by atoms with Gasteiger partial charge in [-0.15, -0.1) is 0 Å². The van der Waals surface area contributed by atoms with E-state index in [-0.39, 0.29) is 12.6 Å². The summed E-state index contributed by atoms with van der Waals surface area (Å²) in [7, 11) is 0. The highest BCUT2D eigenvalue weighted by atomic mass is 16.5. The van der Waals surface area contributed by atoms with Crippen molar-refractivity contribution in [3.63, 3.8) is 0 Å². The van der Waals surface area contributed by atoms with Crippen LogP contribution in [0, 0.1) is 5.92 Å². The third-order valence-corrected chi connectivity index (χ3v) is 5.22. The number of hydrogen-bond acceptors (Lipinski definition) is 7. The highest BCUT2D eigenvalue weighted by molar-refractivity contribution is 5.90. The molecular weight excluding hydrogens is 370 g/mol. The number of aromatic nitrogens is 3. The molecule has 0 bridgehead atoms. The Hall–Kier alpha value is -3.13. The molecule has 0 spiro atoms. The first kappa shape index (κ1) is 19.2. The summed E-state index contributed by atoms with van der Waals surface area (Å²) in [5.74, 6) is 1.41. The van der Waals surface area contributed by atoms with Crippen LogP contribution in [0.3, 0.4) is 0 Å². The van der Waals surface area contributed by atoms with Crippen LogP contribution in [0.5, 0.6) is 0 Å². The summed E-state index contributed by atoms with van der Waals surface area (Å²) in [5.41, 5.74) is 2.06. The molecule has 1 aliphatic heterocycles. The minimum absolute atomic E-state index is 0.242. The van der Waals surface area contributed by atoms with Gasteiger partial charge in [0.1, 0.15) is 11.5 Å². The second-order valence-electron chi connectivity index (χ2n) is 7.15. The Morgan fingerprint density at radius 3 is 2.69 bits per heavy atom. The molecule has 8 heteroatoms. The van der Waals surface area contributed by atoms with Crippen LogP contribution in [0.4, 0.5) is 17.5 Å². The number of nitrogens with one attached hydrogen (secondary N) is 2. The average Bonchev–Trinajstić information content (AvgIpc) is 3.22. The number of esters is 1. The zero-order valence-electron chi connectivity index (χ0n) is 16.4. The van der Waals surface area contributed by atoms with Crippen LogP contribution < -0.4 is 10.2 Å². The van der Waals surface area contributed by atoms with E-state index in [0.717, 1.165) is 48.5 Å². The first-order valence-corrected chi connectivity index (χ1v) is 9.93. The zero-order valence-corrected chi connectivity index (χ0v) is 16.4. The quantitative estimate of drug-likeness (QED) is 0.551. The lowest BCUT2D eigenvalue weighted by Gasteiger charge is -2.32. The van der Waals surface area contributed by atoms with Crippen LogP contribution in [0.25, 0.3) is 11.0 Å². The fraction of sp³-hybridized carbons (Fsp3) is 0.381. The highest BCUT2D eigenvalue weighted by Gasteiger charge is 2.22. The van der Waals surface area contributed by atoms with Gasteiger partial charge in [-0.05, 0) is 56.0 Å². The predicted molar refractivity (Wildman–Crippen MR) is 112 cm³/mol. The first-order chi connectivity index (χ1) is 14.2. The Kier molecular flexibility index (Phi) is 5.62. The fourth-order valence-corrected chi connectivity index (χ4v) is 3.58. The molecule has 1 saturated heterocycles. The predicted octanol–water partition coefficient (Wildman–Crippen LogP) is 3.09. The molecule has 0 atom stereocenters. The van der Waals surface area contributed by atoms with E-state index in [1.807, 2.05) is 12.3 Å². The lowest BCUT2D eigenvalue weighted by atomic mass is 9.98. The van der Waals surface area contributed by atoms with Crippen molar-refractivity contribution in [2.45, 2.75) is 19.8 Å². The van der Waals surface area contributed by atoms with Crippen molar-refractivity contribution < 1.29 is 14.6 Å². The summed E-state index contributed by atoms with van der Waals surface area (Å²) in [6, 6.07) is 9.03. The second-order valence-corrected chi connectivity index (χ2v) is 7.15. The average molecular weight is 395 g/mol. The number of H-pyrrole nitrogens is 1. The molecule has 152 valence electrons. The van der Waals surface area contributed by atoms with E-state index in [9.17, 15) is 9.90 Å². The molecule has 0 radical (unpaired) electrons. The van der Waals surface area contributed by atoms with Crippen molar-refractivity contribution in [2.24, 2.45) is 5.92 Å². The van der Waals surface area contributed by atoms with E-state index >= 15 is 0 Å². The molecule has 1 fully saturated rings. The van der Waals surface area contributed by atoms with Crippen LogP contribution in [0.2, 0.25) is 0 Å². The summed E-state index contributed by atoms with van der Waals surface area (Å²) in [6.45, 7) is 4.09. The van der Waals surface area contributed by atoms with Gasteiger partial charge < -0.3 is 25.0 Å².